The molecule has 2 nitrogen and oxygen atoms in total. The molecule has 0 saturated carbocycles. The first-order valence-electron chi connectivity index (χ1n) is 3.34. The van der Waals surface area contributed by atoms with Crippen LogP contribution in [0.3, 0.4) is 0 Å². The second-order valence-corrected chi connectivity index (χ2v) is 2.33. The molecule has 2 aromatic rings. The smallest absolute Gasteiger partial charge is 0.140 e. The van der Waals surface area contributed by atoms with Gasteiger partial charge in [0.1, 0.15) is 6.29 Å². The van der Waals surface area contributed by atoms with E-state index >= 15 is 0 Å². The molecule has 12 heavy (non-hydrogen) atoms. The topological polar surface area (TPSA) is 32.9 Å². The zero-order chi connectivity index (χ0) is 7.68. The van der Waals surface area contributed by atoms with Gasteiger partial charge in [0.15, 0.2) is 0 Å². The molecule has 3 heteroatoms. The number of rotatable bonds is 1. The molecule has 0 unspecified atom stereocenters. The Kier molecular flexibility index (Phi) is 3.18. The van der Waals surface area contributed by atoms with E-state index in [9.17, 15) is 4.79 Å². The summed E-state index contributed by atoms with van der Waals surface area (Å²) < 4.78 is 0. The van der Waals surface area contributed by atoms with Crippen LogP contribution in [0.1, 0.15) is 10.4 Å². The molecule has 0 aliphatic carbocycles. The fourth-order valence-corrected chi connectivity index (χ4v) is 1.13. The fourth-order valence-electron chi connectivity index (χ4n) is 1.13. The Balaban J connectivity index is 0.000000720. The van der Waals surface area contributed by atoms with Crippen molar-refractivity contribution in [3.63, 3.8) is 0 Å². The minimum absolute atomic E-state index is 0. The van der Waals surface area contributed by atoms with Gasteiger partial charge in [-0.2, -0.15) is 18.2 Å². The number of aldehydes is 1. The van der Waals surface area contributed by atoms with E-state index in [1.54, 1.807) is 12.3 Å². The van der Waals surface area contributed by atoms with Gasteiger partial charge in [-0.1, -0.05) is 5.52 Å². The molecule has 0 amide bonds. The summed E-state index contributed by atoms with van der Waals surface area (Å²) in [6.45, 7) is 0. The summed E-state index contributed by atoms with van der Waals surface area (Å²) in [6.07, 6.45) is 2.54. The Morgan fingerprint density at radius 3 is 3.08 bits per heavy atom. The summed E-state index contributed by atoms with van der Waals surface area (Å²) in [4.78, 5) is 13.4. The van der Waals surface area contributed by atoms with Crippen molar-refractivity contribution in [2.45, 2.75) is 0 Å². The third-order valence-corrected chi connectivity index (χ3v) is 1.69. The number of carbonyl (C=O) groups excluding carboxylic acids is 1. The van der Waals surface area contributed by atoms with Crippen LogP contribution in [-0.4, -0.2) is 11.3 Å². The van der Waals surface area contributed by atoms with Gasteiger partial charge < -0.3 is 4.98 Å². The normalized spacial score (nSPS) is 9.33. The van der Waals surface area contributed by atoms with Gasteiger partial charge >= 0.3 is 0 Å². The molecule has 0 spiro atoms. The van der Waals surface area contributed by atoms with Crippen LogP contribution in [0.5, 0.6) is 0 Å². The number of fused-ring (bicyclic) bond motifs is 1. The van der Waals surface area contributed by atoms with E-state index < -0.39 is 0 Å². The van der Waals surface area contributed by atoms with Crippen LogP contribution >= 0.6 is 0 Å². The maximum atomic E-state index is 10.4. The minimum Gasteiger partial charge on any atom is -0.384 e. The van der Waals surface area contributed by atoms with Gasteiger partial charge in [0.05, 0.1) is 0 Å². The summed E-state index contributed by atoms with van der Waals surface area (Å²) in [5, 5.41) is 0.933. The Morgan fingerprint density at radius 1 is 1.50 bits per heavy atom. The Bertz CT molecular complexity index is 394. The summed E-state index contributed by atoms with van der Waals surface area (Å²) >= 11 is 0. The van der Waals surface area contributed by atoms with Crippen LogP contribution in [0.15, 0.2) is 24.4 Å². The first kappa shape index (κ1) is 9.62. The van der Waals surface area contributed by atoms with Crippen molar-refractivity contribution in [3.8, 4) is 0 Å². The molecule has 0 saturated heterocycles. The molecule has 0 bridgehead atoms. The SMILES string of the molecule is O=Cc1c[nH]c2cc[c-]cc12.[Y]. The van der Waals surface area contributed by atoms with E-state index in [0.29, 0.717) is 5.56 Å². The van der Waals surface area contributed by atoms with Gasteiger partial charge in [-0.3, -0.25) is 4.79 Å². The maximum absolute atomic E-state index is 10.4. The van der Waals surface area contributed by atoms with E-state index in [1.807, 2.05) is 12.1 Å². The monoisotopic (exact) mass is 233 g/mol. The Morgan fingerprint density at radius 2 is 2.33 bits per heavy atom. The van der Waals surface area contributed by atoms with E-state index in [-0.39, 0.29) is 32.7 Å². The predicted molar refractivity (Wildman–Crippen MR) is 42.5 cm³/mol. The molecule has 1 radical (unpaired) electrons. The Hall–Kier alpha value is -0.466. The molecule has 0 aliphatic rings. The average molecular weight is 233 g/mol. The van der Waals surface area contributed by atoms with Crippen molar-refractivity contribution < 1.29 is 37.5 Å². The number of H-pyrrole nitrogens is 1. The first-order valence-corrected chi connectivity index (χ1v) is 3.34. The number of nitrogens with one attached hydrogen (secondary N) is 1. The van der Waals surface area contributed by atoms with Gasteiger partial charge in [0.25, 0.3) is 0 Å². The quantitative estimate of drug-likeness (QED) is 0.591. The second-order valence-electron chi connectivity index (χ2n) is 2.33. The molecule has 2 rings (SSSR count). The number of aromatic nitrogens is 1. The fraction of sp³-hybridized carbons (Fsp3) is 0. The number of aromatic amines is 1. The van der Waals surface area contributed by atoms with Crippen molar-refractivity contribution in [1.29, 1.82) is 0 Å². The predicted octanol–water partition coefficient (Wildman–Crippen LogP) is 1.78. The molecule has 0 atom stereocenters. The summed E-state index contributed by atoms with van der Waals surface area (Å²) in [5.41, 5.74) is 1.67. The first-order chi connectivity index (χ1) is 5.42. The molecule has 1 heterocycles. The van der Waals surface area contributed by atoms with Crippen molar-refractivity contribution >= 4 is 17.2 Å². The van der Waals surface area contributed by atoms with E-state index in [1.165, 1.54) is 0 Å². The van der Waals surface area contributed by atoms with Gasteiger partial charge in [-0.25, -0.2) is 0 Å². The molecule has 1 aromatic heterocycles. The molecule has 1 aromatic carbocycles. The number of benzene rings is 1. The van der Waals surface area contributed by atoms with E-state index in [2.05, 4.69) is 11.1 Å². The molecule has 0 aliphatic heterocycles. The van der Waals surface area contributed by atoms with Gasteiger partial charge in [-0.05, 0) is 11.8 Å². The van der Waals surface area contributed by atoms with Crippen molar-refractivity contribution in [2.24, 2.45) is 0 Å². The molecular weight excluding hydrogens is 227 g/mol. The van der Waals surface area contributed by atoms with Crippen LogP contribution in [0.4, 0.5) is 0 Å². The summed E-state index contributed by atoms with van der Waals surface area (Å²) in [5.74, 6) is 0. The van der Waals surface area contributed by atoms with Crippen LogP contribution < -0.4 is 0 Å². The van der Waals surface area contributed by atoms with Crippen molar-refractivity contribution in [1.82, 2.24) is 4.98 Å². The van der Waals surface area contributed by atoms with Crippen molar-refractivity contribution in [2.75, 3.05) is 0 Å². The maximum Gasteiger partial charge on any atom is 0.140 e. The Labute approximate surface area is 95.2 Å². The number of hydrogen-bond donors (Lipinski definition) is 1. The van der Waals surface area contributed by atoms with Gasteiger partial charge in [0.2, 0.25) is 0 Å². The average Bonchev–Trinajstić information content (AvgIpc) is 2.47. The molecule has 1 N–H and O–H groups in total. The van der Waals surface area contributed by atoms with Crippen molar-refractivity contribution in [3.05, 3.63) is 36.0 Å². The number of hydrogen-bond acceptors (Lipinski definition) is 1. The number of carbonyl (C=O) groups is 1. The molecule has 0 fully saturated rings. The van der Waals surface area contributed by atoms with Crippen LogP contribution in [0.2, 0.25) is 0 Å². The van der Waals surface area contributed by atoms with Crippen LogP contribution in [0.25, 0.3) is 10.9 Å². The summed E-state index contributed by atoms with van der Waals surface area (Å²) in [6, 6.07) is 8.42. The zero-order valence-corrected chi connectivity index (χ0v) is 9.21. The van der Waals surface area contributed by atoms with Gasteiger partial charge in [0, 0.05) is 32.7 Å². The largest absolute Gasteiger partial charge is 0.384 e. The van der Waals surface area contributed by atoms with Crippen LogP contribution in [-0.2, 0) is 32.7 Å². The van der Waals surface area contributed by atoms with E-state index in [0.717, 1.165) is 17.2 Å². The van der Waals surface area contributed by atoms with E-state index in [4.69, 9.17) is 0 Å². The van der Waals surface area contributed by atoms with Crippen LogP contribution in [0, 0.1) is 6.07 Å². The summed E-state index contributed by atoms with van der Waals surface area (Å²) in [7, 11) is 0. The van der Waals surface area contributed by atoms with Gasteiger partial charge in [-0.15, -0.1) is 11.5 Å². The molecule has 57 valence electrons. The second kappa shape index (κ2) is 3.97. The molecular formula is C9H6NOY-. The standard InChI is InChI=1S/C9H6NO.Y/c11-6-7-5-10-9-4-2-1-3-8(7)9;/h2-6,10H;/q-1;. The zero-order valence-electron chi connectivity index (χ0n) is 6.37. The third-order valence-electron chi connectivity index (χ3n) is 1.69. The third kappa shape index (κ3) is 1.50. The minimum atomic E-state index is 0.